The van der Waals surface area contributed by atoms with Gasteiger partial charge < -0.3 is 9.84 Å². The molecule has 92 valence electrons. The number of Topliss-reactive ketones (excluding diaryl/α,β-unsaturated/α-hetero) is 1. The molecule has 0 amide bonds. The monoisotopic (exact) mass is 234 g/mol. The lowest BCUT2D eigenvalue weighted by atomic mass is 9.90. The van der Waals surface area contributed by atoms with E-state index in [0.717, 1.165) is 29.7 Å². The lowest BCUT2D eigenvalue weighted by Crippen LogP contribution is -2.21. The van der Waals surface area contributed by atoms with Crippen LogP contribution in [0.5, 0.6) is 5.75 Å². The smallest absolute Gasteiger partial charge is 0.145 e. The fraction of sp³-hybridized carbons (Fsp3) is 0.500. The Morgan fingerprint density at radius 2 is 2.35 bits per heavy atom. The Hall–Kier alpha value is -1.35. The first-order valence-electron chi connectivity index (χ1n) is 5.99. The number of hydrogen-bond donors (Lipinski definition) is 1. The number of ketones is 1. The summed E-state index contributed by atoms with van der Waals surface area (Å²) < 4.78 is 5.31. The number of carbonyl (C=O) groups excluding carboxylic acids is 1. The number of aliphatic hydroxyl groups excluding tert-OH is 1. The predicted octanol–water partition coefficient (Wildman–Crippen LogP) is 1.92. The second-order valence-electron chi connectivity index (χ2n) is 4.61. The van der Waals surface area contributed by atoms with Gasteiger partial charge in [0.05, 0.1) is 13.7 Å². The molecule has 0 aliphatic heterocycles. The molecule has 2 atom stereocenters. The second kappa shape index (κ2) is 4.88. The van der Waals surface area contributed by atoms with Crippen LogP contribution in [-0.2, 0) is 11.2 Å². The van der Waals surface area contributed by atoms with Gasteiger partial charge in [0.1, 0.15) is 11.5 Å². The van der Waals surface area contributed by atoms with Crippen molar-refractivity contribution < 1.29 is 14.6 Å². The van der Waals surface area contributed by atoms with Crippen molar-refractivity contribution in [2.75, 3.05) is 13.7 Å². The van der Waals surface area contributed by atoms with Gasteiger partial charge in [0.15, 0.2) is 0 Å². The Labute approximate surface area is 101 Å². The third kappa shape index (κ3) is 2.07. The molecule has 0 heterocycles. The van der Waals surface area contributed by atoms with Crippen LogP contribution in [0, 0.1) is 5.92 Å². The molecule has 1 N–H and O–H groups in total. The predicted molar refractivity (Wildman–Crippen MR) is 65.3 cm³/mol. The van der Waals surface area contributed by atoms with E-state index in [1.807, 2.05) is 18.2 Å². The van der Waals surface area contributed by atoms with Gasteiger partial charge in [0.25, 0.3) is 0 Å². The van der Waals surface area contributed by atoms with Crippen LogP contribution in [0.3, 0.4) is 0 Å². The first-order chi connectivity index (χ1) is 8.19. The molecule has 0 saturated heterocycles. The highest BCUT2D eigenvalue weighted by atomic mass is 16.5. The summed E-state index contributed by atoms with van der Waals surface area (Å²) in [5, 5.41) is 9.07. The number of ether oxygens (including phenoxy) is 1. The van der Waals surface area contributed by atoms with E-state index < -0.39 is 0 Å². The highest BCUT2D eigenvalue weighted by Gasteiger charge is 2.32. The maximum absolute atomic E-state index is 12.1. The van der Waals surface area contributed by atoms with Crippen LogP contribution in [0.25, 0.3) is 0 Å². The van der Waals surface area contributed by atoms with Crippen molar-refractivity contribution in [3.8, 4) is 5.75 Å². The number of carbonyl (C=O) groups is 1. The van der Waals surface area contributed by atoms with Gasteiger partial charge in [-0.3, -0.25) is 4.79 Å². The molecule has 0 aromatic heterocycles. The van der Waals surface area contributed by atoms with Gasteiger partial charge in [-0.25, -0.2) is 0 Å². The summed E-state index contributed by atoms with van der Waals surface area (Å²) in [7, 11) is 1.65. The van der Waals surface area contributed by atoms with Crippen molar-refractivity contribution >= 4 is 5.78 Å². The zero-order valence-electron chi connectivity index (χ0n) is 10.3. The first kappa shape index (κ1) is 12.1. The van der Waals surface area contributed by atoms with Crippen molar-refractivity contribution in [1.29, 1.82) is 0 Å². The summed E-state index contributed by atoms with van der Waals surface area (Å²) in [6.45, 7) is 1.70. The zero-order chi connectivity index (χ0) is 12.4. The van der Waals surface area contributed by atoms with E-state index >= 15 is 0 Å². The maximum Gasteiger partial charge on any atom is 0.145 e. The highest BCUT2D eigenvalue weighted by molar-refractivity contribution is 5.89. The minimum Gasteiger partial charge on any atom is -0.496 e. The van der Waals surface area contributed by atoms with E-state index in [1.54, 1.807) is 14.0 Å². The quantitative estimate of drug-likeness (QED) is 0.865. The number of fused-ring (bicyclic) bond motifs is 1. The highest BCUT2D eigenvalue weighted by Crippen LogP contribution is 2.39. The van der Waals surface area contributed by atoms with Gasteiger partial charge >= 0.3 is 0 Å². The van der Waals surface area contributed by atoms with Crippen molar-refractivity contribution in [3.05, 3.63) is 29.3 Å². The number of benzene rings is 1. The number of hydrogen-bond acceptors (Lipinski definition) is 3. The molecule has 1 aromatic rings. The molecular weight excluding hydrogens is 216 g/mol. The molecule has 3 heteroatoms. The third-order valence-corrected chi connectivity index (χ3v) is 3.55. The third-order valence-electron chi connectivity index (χ3n) is 3.55. The molecule has 17 heavy (non-hydrogen) atoms. The molecule has 1 aliphatic carbocycles. The van der Waals surface area contributed by atoms with E-state index in [-0.39, 0.29) is 24.2 Å². The van der Waals surface area contributed by atoms with Crippen molar-refractivity contribution in [1.82, 2.24) is 0 Å². The van der Waals surface area contributed by atoms with Gasteiger partial charge in [-0.15, -0.1) is 0 Å². The topological polar surface area (TPSA) is 46.5 Å². The molecule has 1 aliphatic rings. The second-order valence-corrected chi connectivity index (χ2v) is 4.61. The zero-order valence-corrected chi connectivity index (χ0v) is 10.3. The molecule has 0 saturated carbocycles. The molecular formula is C14H18O3. The van der Waals surface area contributed by atoms with Crippen LogP contribution in [0.15, 0.2) is 18.2 Å². The molecule has 0 bridgehead atoms. The Morgan fingerprint density at radius 1 is 1.59 bits per heavy atom. The van der Waals surface area contributed by atoms with Crippen molar-refractivity contribution in [3.63, 3.8) is 0 Å². The summed E-state index contributed by atoms with van der Waals surface area (Å²) in [6, 6.07) is 5.85. The SMILES string of the molecule is COc1cccc2c1CCC2C(=O)C(C)CO. The largest absolute Gasteiger partial charge is 0.496 e. The van der Waals surface area contributed by atoms with Gasteiger partial charge in [0, 0.05) is 11.8 Å². The van der Waals surface area contributed by atoms with Crippen LogP contribution in [0.2, 0.25) is 0 Å². The summed E-state index contributed by atoms with van der Waals surface area (Å²) in [6.07, 6.45) is 1.72. The van der Waals surface area contributed by atoms with Crippen LogP contribution in [-0.4, -0.2) is 24.6 Å². The van der Waals surface area contributed by atoms with Crippen LogP contribution in [0.1, 0.15) is 30.4 Å². The molecule has 0 fully saturated rings. The number of aliphatic hydroxyl groups is 1. The normalized spacial score (nSPS) is 19.8. The molecule has 2 unspecified atom stereocenters. The van der Waals surface area contributed by atoms with E-state index in [0.29, 0.717) is 0 Å². The van der Waals surface area contributed by atoms with Crippen LogP contribution >= 0.6 is 0 Å². The van der Waals surface area contributed by atoms with E-state index in [4.69, 9.17) is 9.84 Å². The van der Waals surface area contributed by atoms with E-state index in [1.165, 1.54) is 0 Å². The fourth-order valence-electron chi connectivity index (χ4n) is 2.54. The standard InChI is InChI=1S/C14H18O3/c1-9(8-15)14(16)12-7-6-11-10(12)4-3-5-13(11)17-2/h3-5,9,12,15H,6-8H2,1-2H3. The van der Waals surface area contributed by atoms with Gasteiger partial charge in [0.2, 0.25) is 0 Å². The lowest BCUT2D eigenvalue weighted by Gasteiger charge is -2.15. The summed E-state index contributed by atoms with van der Waals surface area (Å²) in [5.41, 5.74) is 2.23. The van der Waals surface area contributed by atoms with Gasteiger partial charge in [-0.1, -0.05) is 19.1 Å². The molecule has 1 aromatic carbocycles. The maximum atomic E-state index is 12.1. The summed E-state index contributed by atoms with van der Waals surface area (Å²) >= 11 is 0. The van der Waals surface area contributed by atoms with Crippen molar-refractivity contribution in [2.24, 2.45) is 5.92 Å². The minimum atomic E-state index is -0.280. The summed E-state index contributed by atoms with van der Waals surface area (Å²) in [4.78, 5) is 12.1. The number of rotatable bonds is 4. The average Bonchev–Trinajstić information content (AvgIpc) is 2.80. The Bertz CT molecular complexity index is 425. The van der Waals surface area contributed by atoms with Crippen LogP contribution < -0.4 is 4.74 Å². The fourth-order valence-corrected chi connectivity index (χ4v) is 2.54. The molecule has 2 rings (SSSR count). The minimum absolute atomic E-state index is 0.0674. The van der Waals surface area contributed by atoms with E-state index in [2.05, 4.69) is 0 Å². The van der Waals surface area contributed by atoms with E-state index in [9.17, 15) is 4.79 Å². The molecule has 0 spiro atoms. The van der Waals surface area contributed by atoms with Crippen molar-refractivity contribution in [2.45, 2.75) is 25.7 Å². The van der Waals surface area contributed by atoms with Crippen LogP contribution in [0.4, 0.5) is 0 Å². The lowest BCUT2D eigenvalue weighted by molar-refractivity contribution is -0.124. The Morgan fingerprint density at radius 3 is 3.00 bits per heavy atom. The summed E-state index contributed by atoms with van der Waals surface area (Å²) in [5.74, 6) is 0.661. The Balaban J connectivity index is 2.31. The molecule has 0 radical (unpaired) electrons. The Kier molecular flexibility index (Phi) is 3.48. The van der Waals surface area contributed by atoms with Gasteiger partial charge in [-0.05, 0) is 30.0 Å². The van der Waals surface area contributed by atoms with Gasteiger partial charge in [-0.2, -0.15) is 0 Å². The molecule has 3 nitrogen and oxygen atoms in total. The first-order valence-corrected chi connectivity index (χ1v) is 5.99. The number of methoxy groups -OCH3 is 1. The average molecular weight is 234 g/mol.